The molecule has 5 heteroatoms. The fraction of sp³-hybridized carbons (Fsp3) is 0.462. The van der Waals surface area contributed by atoms with Crippen LogP contribution in [0, 0.1) is 5.82 Å². The van der Waals surface area contributed by atoms with Crippen LogP contribution in [0.15, 0.2) is 23.0 Å². The predicted octanol–water partition coefficient (Wildman–Crippen LogP) is 1.56. The van der Waals surface area contributed by atoms with Gasteiger partial charge in [0.1, 0.15) is 11.3 Å². The van der Waals surface area contributed by atoms with Gasteiger partial charge in [0.15, 0.2) is 0 Å². The van der Waals surface area contributed by atoms with Crippen LogP contribution in [0.25, 0.3) is 11.0 Å². The van der Waals surface area contributed by atoms with Gasteiger partial charge in [0.2, 0.25) is 0 Å². The van der Waals surface area contributed by atoms with Crippen LogP contribution in [-0.2, 0) is 6.54 Å². The lowest BCUT2D eigenvalue weighted by atomic mass is 10.2. The molecule has 0 saturated carbocycles. The smallest absolute Gasteiger partial charge is 0.303 e. The first-order valence-electron chi connectivity index (χ1n) is 6.24. The van der Waals surface area contributed by atoms with Crippen molar-refractivity contribution in [3.8, 4) is 0 Å². The number of benzene rings is 1. The van der Waals surface area contributed by atoms with Gasteiger partial charge in [-0.15, -0.1) is 0 Å². The third-order valence-electron chi connectivity index (χ3n) is 3.82. The lowest BCUT2D eigenvalue weighted by Gasteiger charge is -2.19. The van der Waals surface area contributed by atoms with Gasteiger partial charge in [0, 0.05) is 12.6 Å². The van der Waals surface area contributed by atoms with Crippen LogP contribution in [0.2, 0.25) is 0 Å². The number of likely N-dealkylation sites (N-methyl/N-ethyl adjacent to an activating group) is 1. The first-order chi connectivity index (χ1) is 8.66. The SMILES string of the molecule is CN1CCCC1Cn1c(=O)[nH]c2c(F)cccc21. The van der Waals surface area contributed by atoms with Crippen LogP contribution in [-0.4, -0.2) is 34.1 Å². The molecule has 0 bridgehead atoms. The second-order valence-corrected chi connectivity index (χ2v) is 4.95. The summed E-state index contributed by atoms with van der Waals surface area (Å²) in [5, 5.41) is 0. The average Bonchev–Trinajstić information content (AvgIpc) is 2.87. The van der Waals surface area contributed by atoms with Crippen LogP contribution in [0.1, 0.15) is 12.8 Å². The number of H-pyrrole nitrogens is 1. The van der Waals surface area contributed by atoms with E-state index in [4.69, 9.17) is 0 Å². The van der Waals surface area contributed by atoms with E-state index in [0.29, 0.717) is 23.6 Å². The fourth-order valence-corrected chi connectivity index (χ4v) is 2.75. The van der Waals surface area contributed by atoms with E-state index < -0.39 is 0 Å². The number of para-hydroxylation sites is 1. The number of fused-ring (bicyclic) bond motifs is 1. The Kier molecular flexibility index (Phi) is 2.70. The third-order valence-corrected chi connectivity index (χ3v) is 3.82. The number of nitrogens with zero attached hydrogens (tertiary/aromatic N) is 2. The number of hydrogen-bond donors (Lipinski definition) is 1. The maximum Gasteiger partial charge on any atom is 0.326 e. The summed E-state index contributed by atoms with van der Waals surface area (Å²) in [7, 11) is 2.07. The Bertz CT molecular complexity index is 631. The van der Waals surface area contributed by atoms with Crippen molar-refractivity contribution < 1.29 is 4.39 Å². The van der Waals surface area contributed by atoms with E-state index >= 15 is 0 Å². The Morgan fingerprint density at radius 2 is 2.33 bits per heavy atom. The van der Waals surface area contributed by atoms with Crippen LogP contribution >= 0.6 is 0 Å². The van der Waals surface area contributed by atoms with Gasteiger partial charge in [-0.25, -0.2) is 9.18 Å². The fourth-order valence-electron chi connectivity index (χ4n) is 2.75. The molecule has 1 unspecified atom stereocenters. The molecule has 1 saturated heterocycles. The van der Waals surface area contributed by atoms with Crippen LogP contribution in [0.5, 0.6) is 0 Å². The Hall–Kier alpha value is -1.62. The molecular weight excluding hydrogens is 233 g/mol. The molecule has 1 atom stereocenters. The van der Waals surface area contributed by atoms with E-state index in [2.05, 4.69) is 16.9 Å². The summed E-state index contributed by atoms with van der Waals surface area (Å²) in [6.45, 7) is 1.69. The normalized spacial score (nSPS) is 20.9. The number of hydrogen-bond acceptors (Lipinski definition) is 2. The summed E-state index contributed by atoms with van der Waals surface area (Å²) in [6.07, 6.45) is 2.25. The number of nitrogens with one attached hydrogen (secondary N) is 1. The van der Waals surface area contributed by atoms with Crippen molar-refractivity contribution in [2.24, 2.45) is 0 Å². The molecule has 1 aliphatic heterocycles. The minimum absolute atomic E-state index is 0.226. The number of rotatable bonds is 2. The maximum absolute atomic E-state index is 13.6. The van der Waals surface area contributed by atoms with E-state index in [9.17, 15) is 9.18 Å². The minimum Gasteiger partial charge on any atom is -0.303 e. The molecule has 1 aliphatic rings. The molecule has 4 nitrogen and oxygen atoms in total. The number of aromatic nitrogens is 2. The Morgan fingerprint density at radius 3 is 3.06 bits per heavy atom. The highest BCUT2D eigenvalue weighted by atomic mass is 19.1. The van der Waals surface area contributed by atoms with Crippen molar-refractivity contribution in [1.29, 1.82) is 0 Å². The van der Waals surface area contributed by atoms with E-state index in [-0.39, 0.29) is 11.5 Å². The zero-order chi connectivity index (χ0) is 12.7. The molecule has 3 rings (SSSR count). The van der Waals surface area contributed by atoms with Crippen molar-refractivity contribution in [1.82, 2.24) is 14.5 Å². The highest BCUT2D eigenvalue weighted by Crippen LogP contribution is 2.19. The highest BCUT2D eigenvalue weighted by Gasteiger charge is 2.23. The topological polar surface area (TPSA) is 41.0 Å². The van der Waals surface area contributed by atoms with Crippen molar-refractivity contribution in [3.05, 3.63) is 34.5 Å². The summed E-state index contributed by atoms with van der Waals surface area (Å²) in [4.78, 5) is 16.8. The molecule has 0 spiro atoms. The molecule has 0 aliphatic carbocycles. The van der Waals surface area contributed by atoms with Gasteiger partial charge in [0.05, 0.1) is 5.52 Å². The summed E-state index contributed by atoms with van der Waals surface area (Å²) in [5.74, 6) is -0.372. The standard InChI is InChI=1S/C13H16FN3O/c1-16-7-3-4-9(16)8-17-11-6-2-5-10(14)12(11)15-13(17)18/h2,5-6,9H,3-4,7-8H2,1H3,(H,15,18). The first-order valence-corrected chi connectivity index (χ1v) is 6.24. The number of halogens is 1. The Labute approximate surface area is 104 Å². The predicted molar refractivity (Wildman–Crippen MR) is 68.2 cm³/mol. The largest absolute Gasteiger partial charge is 0.326 e. The van der Waals surface area contributed by atoms with Gasteiger partial charge in [-0.1, -0.05) is 6.07 Å². The van der Waals surface area contributed by atoms with Crippen molar-refractivity contribution in [2.75, 3.05) is 13.6 Å². The number of imidazole rings is 1. The summed E-state index contributed by atoms with van der Waals surface area (Å²) in [6, 6.07) is 5.15. The Balaban J connectivity index is 2.04. The minimum atomic E-state index is -0.372. The van der Waals surface area contributed by atoms with Crippen LogP contribution < -0.4 is 5.69 Å². The van der Waals surface area contributed by atoms with Crippen molar-refractivity contribution >= 4 is 11.0 Å². The lowest BCUT2D eigenvalue weighted by Crippen LogP contribution is -2.32. The highest BCUT2D eigenvalue weighted by molar-refractivity contribution is 5.75. The first kappa shape index (κ1) is 11.5. The van der Waals surface area contributed by atoms with Gasteiger partial charge in [-0.3, -0.25) is 4.57 Å². The molecule has 0 amide bonds. The van der Waals surface area contributed by atoms with Crippen LogP contribution in [0.4, 0.5) is 4.39 Å². The quantitative estimate of drug-likeness (QED) is 0.877. The molecule has 18 heavy (non-hydrogen) atoms. The van der Waals surface area contributed by atoms with Crippen molar-refractivity contribution in [2.45, 2.75) is 25.4 Å². The summed E-state index contributed by atoms with van der Waals surface area (Å²) in [5.41, 5.74) is 0.735. The van der Waals surface area contributed by atoms with E-state index in [1.54, 1.807) is 16.7 Å². The molecule has 0 radical (unpaired) electrons. The van der Waals surface area contributed by atoms with E-state index in [1.165, 1.54) is 6.07 Å². The van der Waals surface area contributed by atoms with E-state index in [0.717, 1.165) is 19.4 Å². The van der Waals surface area contributed by atoms with Gasteiger partial charge in [-0.05, 0) is 38.6 Å². The maximum atomic E-state index is 13.6. The molecule has 1 fully saturated rings. The molecule has 2 heterocycles. The van der Waals surface area contributed by atoms with Gasteiger partial charge >= 0.3 is 5.69 Å². The molecule has 1 N–H and O–H groups in total. The zero-order valence-electron chi connectivity index (χ0n) is 10.3. The van der Waals surface area contributed by atoms with Gasteiger partial charge < -0.3 is 9.88 Å². The molecule has 1 aromatic carbocycles. The number of aromatic amines is 1. The summed E-state index contributed by atoms with van der Waals surface area (Å²) >= 11 is 0. The van der Waals surface area contributed by atoms with Gasteiger partial charge in [-0.2, -0.15) is 0 Å². The third kappa shape index (κ3) is 1.75. The average molecular weight is 249 g/mol. The monoisotopic (exact) mass is 249 g/mol. The Morgan fingerprint density at radius 1 is 1.50 bits per heavy atom. The molecule has 2 aromatic rings. The van der Waals surface area contributed by atoms with Crippen LogP contribution in [0.3, 0.4) is 0 Å². The zero-order valence-corrected chi connectivity index (χ0v) is 10.3. The molecule has 1 aromatic heterocycles. The molecular formula is C13H16FN3O. The second kappa shape index (κ2) is 4.24. The second-order valence-electron chi connectivity index (χ2n) is 4.95. The lowest BCUT2D eigenvalue weighted by molar-refractivity contribution is 0.282. The van der Waals surface area contributed by atoms with Gasteiger partial charge in [0.25, 0.3) is 0 Å². The number of likely N-dealkylation sites (tertiary alicyclic amines) is 1. The summed E-state index contributed by atoms with van der Waals surface area (Å²) < 4.78 is 15.2. The van der Waals surface area contributed by atoms with Crippen molar-refractivity contribution in [3.63, 3.8) is 0 Å². The molecule has 96 valence electrons. The van der Waals surface area contributed by atoms with E-state index in [1.807, 2.05) is 0 Å².